The highest BCUT2D eigenvalue weighted by atomic mass is 16.5. The molecule has 2 amide bonds. The molecule has 2 unspecified atom stereocenters. The summed E-state index contributed by atoms with van der Waals surface area (Å²) in [5.74, 6) is -2.33. The average Bonchev–Trinajstić information content (AvgIpc) is 3.17. The van der Waals surface area contributed by atoms with Crippen molar-refractivity contribution in [1.29, 1.82) is 0 Å². The van der Waals surface area contributed by atoms with Crippen molar-refractivity contribution in [3.05, 3.63) is 36.5 Å². The van der Waals surface area contributed by atoms with E-state index in [4.69, 9.17) is 14.9 Å². The Kier molecular flexibility index (Phi) is 38.5. The molecule has 0 aliphatic rings. The lowest BCUT2D eigenvalue weighted by molar-refractivity contribution is -0.150. The predicted octanol–water partition coefficient (Wildman–Crippen LogP) is 11.0. The number of hydrogen-bond donors (Lipinski definition) is 4. The molecule has 0 aliphatic carbocycles. The number of ether oxygens (including phenoxy) is 1. The lowest BCUT2D eigenvalue weighted by Gasteiger charge is -2.18. The summed E-state index contributed by atoms with van der Waals surface area (Å²) in [6, 6.07) is -1.38. The maximum atomic E-state index is 12.8. The molecule has 0 rings (SSSR count). The van der Waals surface area contributed by atoms with E-state index in [1.807, 2.05) is 0 Å². The van der Waals surface area contributed by atoms with Gasteiger partial charge in [0, 0.05) is 12.8 Å². The summed E-state index contributed by atoms with van der Waals surface area (Å²) < 4.78 is 6.01. The third-order valence-electron chi connectivity index (χ3n) is 9.86. The molecule has 0 spiro atoms. The van der Waals surface area contributed by atoms with Gasteiger partial charge in [0.25, 0.3) is 0 Å². The minimum absolute atomic E-state index is 0.0503. The van der Waals surface area contributed by atoms with Gasteiger partial charge >= 0.3 is 11.9 Å². The van der Waals surface area contributed by atoms with E-state index >= 15 is 0 Å². The number of esters is 1. The molecule has 0 heterocycles. The van der Waals surface area contributed by atoms with Crippen LogP contribution in [0.4, 0.5) is 0 Å². The highest BCUT2D eigenvalue weighted by Gasteiger charge is 2.19. The molecule has 2 atom stereocenters. The molecule has 0 bridgehead atoms. The first-order valence-electron chi connectivity index (χ1n) is 22.4. The number of nitrogens with one attached hydrogen (secondary N) is 2. The first kappa shape index (κ1) is 52.1. The quantitative estimate of drug-likeness (QED) is 0.0276. The summed E-state index contributed by atoms with van der Waals surface area (Å²) in [7, 11) is 0. The Morgan fingerprint density at radius 2 is 1.00 bits per heavy atom. The Morgan fingerprint density at radius 1 is 0.545 bits per heavy atom. The Hall–Kier alpha value is -2.94. The zero-order valence-electron chi connectivity index (χ0n) is 35.2. The van der Waals surface area contributed by atoms with Crippen LogP contribution in [0.5, 0.6) is 0 Å². The maximum absolute atomic E-state index is 12.8. The molecule has 0 saturated carbocycles. The monoisotopic (exact) mass is 775 g/mol. The third kappa shape index (κ3) is 37.7. The van der Waals surface area contributed by atoms with Gasteiger partial charge in [0.2, 0.25) is 11.8 Å². The van der Waals surface area contributed by atoms with Gasteiger partial charge < -0.3 is 25.6 Å². The van der Waals surface area contributed by atoms with Crippen LogP contribution in [0.3, 0.4) is 0 Å². The fraction of sp³-hybridized carbons (Fsp3) is 0.783. The van der Waals surface area contributed by atoms with Gasteiger partial charge in [-0.25, -0.2) is 4.79 Å². The number of carboxylic acid groups (broad SMARTS) is 1. The number of aliphatic hydroxyl groups is 1. The summed E-state index contributed by atoms with van der Waals surface area (Å²) >= 11 is 0. The lowest BCUT2D eigenvalue weighted by Crippen LogP contribution is -2.47. The number of carbonyl (C=O) groups excluding carboxylic acids is 3. The minimum Gasteiger partial charge on any atom is -0.480 e. The van der Waals surface area contributed by atoms with Gasteiger partial charge in [0.05, 0.1) is 13.2 Å². The number of carbonyl (C=O) groups is 4. The predicted molar refractivity (Wildman–Crippen MR) is 227 cm³/mol. The fourth-order valence-electron chi connectivity index (χ4n) is 6.39. The van der Waals surface area contributed by atoms with Crippen molar-refractivity contribution in [3.8, 4) is 0 Å². The van der Waals surface area contributed by atoms with Gasteiger partial charge in [0.15, 0.2) is 0 Å². The SMILES string of the molecule is CCCCCC/C=C\C/C=C\CCCCCCCC(=O)OC(CCC/C=C\CCCCCCCC)CCCCCCCC(=O)NCC(=O)NC(CO)C(=O)O. The van der Waals surface area contributed by atoms with Crippen molar-refractivity contribution in [2.24, 2.45) is 0 Å². The number of amides is 2. The largest absolute Gasteiger partial charge is 0.480 e. The molecule has 55 heavy (non-hydrogen) atoms. The summed E-state index contributed by atoms with van der Waals surface area (Å²) in [6.07, 6.45) is 46.0. The summed E-state index contributed by atoms with van der Waals surface area (Å²) in [6.45, 7) is 3.45. The van der Waals surface area contributed by atoms with Crippen molar-refractivity contribution >= 4 is 23.8 Å². The second-order valence-electron chi connectivity index (χ2n) is 15.1. The molecule has 0 aromatic rings. The Labute approximate surface area is 336 Å². The first-order chi connectivity index (χ1) is 26.8. The zero-order valence-corrected chi connectivity index (χ0v) is 35.2. The van der Waals surface area contributed by atoms with Crippen LogP contribution in [0, 0.1) is 0 Å². The van der Waals surface area contributed by atoms with Crippen LogP contribution in [0.25, 0.3) is 0 Å². The number of rotatable bonds is 40. The van der Waals surface area contributed by atoms with Crippen molar-refractivity contribution in [1.82, 2.24) is 10.6 Å². The number of unbranched alkanes of at least 4 members (excludes halogenated alkanes) is 20. The van der Waals surface area contributed by atoms with Crippen LogP contribution in [-0.4, -0.2) is 59.3 Å². The van der Waals surface area contributed by atoms with Crippen molar-refractivity contribution in [2.45, 2.75) is 219 Å². The van der Waals surface area contributed by atoms with E-state index in [-0.39, 0.29) is 30.9 Å². The molecule has 318 valence electrons. The number of hydrogen-bond acceptors (Lipinski definition) is 6. The van der Waals surface area contributed by atoms with Crippen LogP contribution in [0.2, 0.25) is 0 Å². The van der Waals surface area contributed by atoms with Crippen LogP contribution in [-0.2, 0) is 23.9 Å². The molecular formula is C46H82N2O7. The van der Waals surface area contributed by atoms with E-state index < -0.39 is 24.5 Å². The van der Waals surface area contributed by atoms with Crippen molar-refractivity contribution < 1.29 is 34.1 Å². The second-order valence-corrected chi connectivity index (χ2v) is 15.1. The maximum Gasteiger partial charge on any atom is 0.328 e. The van der Waals surface area contributed by atoms with Gasteiger partial charge in [-0.15, -0.1) is 0 Å². The molecule has 4 N–H and O–H groups in total. The van der Waals surface area contributed by atoms with Gasteiger partial charge in [-0.1, -0.05) is 140 Å². The van der Waals surface area contributed by atoms with E-state index in [1.54, 1.807) is 0 Å². The van der Waals surface area contributed by atoms with Crippen LogP contribution in [0.15, 0.2) is 36.5 Å². The van der Waals surface area contributed by atoms with E-state index in [0.717, 1.165) is 89.9 Å². The number of aliphatic hydroxyl groups excluding tert-OH is 1. The highest BCUT2D eigenvalue weighted by Crippen LogP contribution is 2.18. The average molecular weight is 775 g/mol. The smallest absolute Gasteiger partial charge is 0.328 e. The van der Waals surface area contributed by atoms with Crippen molar-refractivity contribution in [3.63, 3.8) is 0 Å². The van der Waals surface area contributed by atoms with E-state index in [2.05, 4.69) is 60.9 Å². The molecule has 0 aromatic heterocycles. The molecule has 0 aromatic carbocycles. The zero-order chi connectivity index (χ0) is 40.5. The highest BCUT2D eigenvalue weighted by molar-refractivity contribution is 5.87. The lowest BCUT2D eigenvalue weighted by atomic mass is 10.0. The molecule has 0 aliphatic heterocycles. The molecule has 0 radical (unpaired) electrons. The van der Waals surface area contributed by atoms with Crippen LogP contribution < -0.4 is 10.6 Å². The molecule has 9 heteroatoms. The van der Waals surface area contributed by atoms with Crippen molar-refractivity contribution in [2.75, 3.05) is 13.2 Å². The van der Waals surface area contributed by atoms with E-state index in [0.29, 0.717) is 12.8 Å². The summed E-state index contributed by atoms with van der Waals surface area (Å²) in [4.78, 5) is 47.6. The fourth-order valence-corrected chi connectivity index (χ4v) is 6.39. The summed E-state index contributed by atoms with van der Waals surface area (Å²) in [5, 5.41) is 22.5. The van der Waals surface area contributed by atoms with Gasteiger partial charge in [0.1, 0.15) is 12.1 Å². The molecule has 0 fully saturated rings. The normalized spacial score (nSPS) is 12.8. The minimum atomic E-state index is -1.38. The number of allylic oxidation sites excluding steroid dienone is 6. The standard InChI is InChI=1S/C46H82N2O7/c1-3-5-7-9-11-13-15-16-17-18-19-21-23-25-30-34-38-45(52)55-41(35-31-27-24-22-20-14-12-10-8-6-4-2)36-32-28-26-29-33-37-43(50)47-39-44(51)48-42(40-49)46(53)54/h13,15,17-18,22,24,41-42,49H,3-12,14,16,19-21,23,25-40H2,1-2H3,(H,47,50)(H,48,51)(H,53,54)/b15-13-,18-17-,24-22-. The summed E-state index contributed by atoms with van der Waals surface area (Å²) in [5.41, 5.74) is 0. The number of aliphatic carboxylic acids is 1. The van der Waals surface area contributed by atoms with Crippen LogP contribution in [0.1, 0.15) is 206 Å². The van der Waals surface area contributed by atoms with Crippen LogP contribution >= 0.6 is 0 Å². The van der Waals surface area contributed by atoms with Gasteiger partial charge in [-0.05, 0) is 89.9 Å². The first-order valence-corrected chi connectivity index (χ1v) is 22.4. The molecule has 9 nitrogen and oxygen atoms in total. The number of carboxylic acids is 1. The third-order valence-corrected chi connectivity index (χ3v) is 9.86. The Morgan fingerprint density at radius 3 is 1.56 bits per heavy atom. The van der Waals surface area contributed by atoms with E-state index in [9.17, 15) is 19.2 Å². The molecular weight excluding hydrogens is 693 g/mol. The Balaban J connectivity index is 4.34. The topological polar surface area (TPSA) is 142 Å². The Bertz CT molecular complexity index is 1030. The second kappa shape index (κ2) is 40.7. The van der Waals surface area contributed by atoms with E-state index in [1.165, 1.54) is 83.5 Å². The van der Waals surface area contributed by atoms with Gasteiger partial charge in [-0.3, -0.25) is 14.4 Å². The molecule has 0 saturated heterocycles. The van der Waals surface area contributed by atoms with Gasteiger partial charge in [-0.2, -0.15) is 0 Å².